The molecule has 4 nitrogen and oxygen atoms in total. The van der Waals surface area contributed by atoms with Crippen LogP contribution in [0.5, 0.6) is 0 Å². The van der Waals surface area contributed by atoms with Crippen LogP contribution in [0.4, 0.5) is 21.6 Å². The first-order valence-corrected chi connectivity index (χ1v) is 6.69. The van der Waals surface area contributed by atoms with Crippen LogP contribution in [0.1, 0.15) is 11.1 Å². The Labute approximate surface area is 120 Å². The Balaban J connectivity index is 1.71. The molecule has 5 heteroatoms. The molecule has 1 heterocycles. The molecule has 0 amide bonds. The SMILES string of the molecule is Nc1ccc2c(c1)Cc1c-2n[nH]c1Nc1cccc(F)c1. The molecule has 0 aliphatic heterocycles. The molecule has 0 unspecified atom stereocenters. The van der Waals surface area contributed by atoms with Crippen molar-refractivity contribution in [2.24, 2.45) is 0 Å². The molecule has 4 N–H and O–H groups in total. The molecule has 0 saturated heterocycles. The number of H-pyrrole nitrogens is 1. The van der Waals surface area contributed by atoms with Gasteiger partial charge in [-0.1, -0.05) is 12.1 Å². The number of hydrogen-bond donors (Lipinski definition) is 3. The average molecular weight is 280 g/mol. The number of anilines is 3. The number of aromatic nitrogens is 2. The minimum atomic E-state index is -0.271. The number of benzene rings is 2. The van der Waals surface area contributed by atoms with Gasteiger partial charge in [-0.3, -0.25) is 5.10 Å². The number of nitrogens with two attached hydrogens (primary N) is 1. The van der Waals surface area contributed by atoms with Gasteiger partial charge in [-0.25, -0.2) is 4.39 Å². The van der Waals surface area contributed by atoms with Gasteiger partial charge in [0.1, 0.15) is 11.6 Å². The van der Waals surface area contributed by atoms with E-state index < -0.39 is 0 Å². The van der Waals surface area contributed by atoms with Gasteiger partial charge in [-0.2, -0.15) is 5.10 Å². The maximum atomic E-state index is 13.2. The van der Waals surface area contributed by atoms with E-state index in [0.717, 1.165) is 34.7 Å². The van der Waals surface area contributed by atoms with Crippen LogP contribution in [-0.4, -0.2) is 10.2 Å². The Kier molecular flexibility index (Phi) is 2.47. The van der Waals surface area contributed by atoms with E-state index in [2.05, 4.69) is 15.5 Å². The standard InChI is InChI=1S/C16H13FN4/c17-10-2-1-3-12(8-10)19-16-14-7-9-6-11(18)4-5-13(9)15(14)20-21-16/h1-6,8H,7,18H2,(H2,19,20,21). The van der Waals surface area contributed by atoms with Gasteiger partial charge in [-0.15, -0.1) is 0 Å². The molecule has 1 aliphatic rings. The molecule has 0 fully saturated rings. The number of nitrogen functional groups attached to an aromatic ring is 1. The fraction of sp³-hybridized carbons (Fsp3) is 0.0625. The number of nitrogens with one attached hydrogen (secondary N) is 2. The van der Waals surface area contributed by atoms with Crippen LogP contribution in [0.15, 0.2) is 42.5 Å². The number of hydrogen-bond acceptors (Lipinski definition) is 3. The predicted molar refractivity (Wildman–Crippen MR) is 80.9 cm³/mol. The third-order valence-electron chi connectivity index (χ3n) is 3.71. The highest BCUT2D eigenvalue weighted by Crippen LogP contribution is 2.40. The number of halogens is 1. The maximum absolute atomic E-state index is 13.2. The highest BCUT2D eigenvalue weighted by molar-refractivity contribution is 5.80. The zero-order chi connectivity index (χ0) is 14.4. The van der Waals surface area contributed by atoms with Crippen molar-refractivity contribution in [3.8, 4) is 11.3 Å². The average Bonchev–Trinajstić information content (AvgIpc) is 2.98. The van der Waals surface area contributed by atoms with Crippen LogP contribution in [0.2, 0.25) is 0 Å². The van der Waals surface area contributed by atoms with Gasteiger partial charge in [-0.05, 0) is 35.9 Å². The largest absolute Gasteiger partial charge is 0.399 e. The molecule has 104 valence electrons. The monoisotopic (exact) mass is 280 g/mol. The lowest BCUT2D eigenvalue weighted by atomic mass is 10.1. The molecule has 0 atom stereocenters. The summed E-state index contributed by atoms with van der Waals surface area (Å²) in [6, 6.07) is 12.2. The van der Waals surface area contributed by atoms with Crippen molar-refractivity contribution in [3.63, 3.8) is 0 Å². The van der Waals surface area contributed by atoms with Gasteiger partial charge in [0.25, 0.3) is 0 Å². The van der Waals surface area contributed by atoms with Gasteiger partial charge >= 0.3 is 0 Å². The lowest BCUT2D eigenvalue weighted by molar-refractivity contribution is 0.628. The van der Waals surface area contributed by atoms with Crippen molar-refractivity contribution in [1.82, 2.24) is 10.2 Å². The predicted octanol–water partition coefficient (Wildman–Crippen LogP) is 3.45. The smallest absolute Gasteiger partial charge is 0.130 e. The summed E-state index contributed by atoms with van der Waals surface area (Å²) in [5, 5.41) is 10.5. The van der Waals surface area contributed by atoms with Gasteiger partial charge in [0.2, 0.25) is 0 Å². The Bertz CT molecular complexity index is 838. The topological polar surface area (TPSA) is 66.7 Å². The van der Waals surface area contributed by atoms with Crippen LogP contribution in [0.25, 0.3) is 11.3 Å². The van der Waals surface area contributed by atoms with E-state index in [0.29, 0.717) is 5.69 Å². The second kappa shape index (κ2) is 4.34. The van der Waals surface area contributed by atoms with Crippen molar-refractivity contribution < 1.29 is 4.39 Å². The minimum Gasteiger partial charge on any atom is -0.399 e. The molecule has 0 saturated carbocycles. The zero-order valence-corrected chi connectivity index (χ0v) is 11.2. The van der Waals surface area contributed by atoms with Crippen molar-refractivity contribution >= 4 is 17.2 Å². The quantitative estimate of drug-likeness (QED) is 0.493. The number of fused-ring (bicyclic) bond motifs is 3. The van der Waals surface area contributed by atoms with Crippen LogP contribution in [0.3, 0.4) is 0 Å². The molecule has 1 aliphatic carbocycles. The summed E-state index contributed by atoms with van der Waals surface area (Å²) in [5.74, 6) is 0.526. The summed E-state index contributed by atoms with van der Waals surface area (Å²) in [4.78, 5) is 0. The molecular weight excluding hydrogens is 267 g/mol. The van der Waals surface area contributed by atoms with Gasteiger partial charge in [0.15, 0.2) is 0 Å². The lowest BCUT2D eigenvalue weighted by Gasteiger charge is -2.05. The maximum Gasteiger partial charge on any atom is 0.130 e. The second-order valence-electron chi connectivity index (χ2n) is 5.15. The summed E-state index contributed by atoms with van der Waals surface area (Å²) in [5.41, 5.74) is 11.6. The molecular formula is C16H13FN4. The van der Waals surface area contributed by atoms with Crippen LogP contribution in [0, 0.1) is 5.82 Å². The van der Waals surface area contributed by atoms with Gasteiger partial charge in [0, 0.05) is 28.9 Å². The first kappa shape index (κ1) is 12.0. The summed E-state index contributed by atoms with van der Waals surface area (Å²) >= 11 is 0. The Morgan fingerprint density at radius 1 is 1.19 bits per heavy atom. The third kappa shape index (κ3) is 1.94. The summed E-state index contributed by atoms with van der Waals surface area (Å²) < 4.78 is 13.2. The Hall–Kier alpha value is -2.82. The van der Waals surface area contributed by atoms with Crippen molar-refractivity contribution in [2.75, 3.05) is 11.1 Å². The van der Waals surface area contributed by atoms with Gasteiger partial charge < -0.3 is 11.1 Å². The Morgan fingerprint density at radius 3 is 2.95 bits per heavy atom. The summed E-state index contributed by atoms with van der Waals surface area (Å²) in [6.07, 6.45) is 0.768. The highest BCUT2D eigenvalue weighted by atomic mass is 19.1. The fourth-order valence-corrected chi connectivity index (χ4v) is 2.76. The highest BCUT2D eigenvalue weighted by Gasteiger charge is 2.24. The van der Waals surface area contributed by atoms with Crippen molar-refractivity contribution in [1.29, 1.82) is 0 Å². The lowest BCUT2D eigenvalue weighted by Crippen LogP contribution is -1.95. The molecule has 0 bridgehead atoms. The molecule has 1 aromatic heterocycles. The summed E-state index contributed by atoms with van der Waals surface area (Å²) in [7, 11) is 0. The second-order valence-corrected chi connectivity index (χ2v) is 5.15. The number of aromatic amines is 1. The molecule has 0 radical (unpaired) electrons. The van der Waals surface area contributed by atoms with E-state index in [1.165, 1.54) is 17.7 Å². The summed E-state index contributed by atoms with van der Waals surface area (Å²) in [6.45, 7) is 0. The fourth-order valence-electron chi connectivity index (χ4n) is 2.76. The van der Waals surface area contributed by atoms with Gasteiger partial charge in [0.05, 0.1) is 5.69 Å². The third-order valence-corrected chi connectivity index (χ3v) is 3.71. The minimum absolute atomic E-state index is 0.271. The molecule has 4 rings (SSSR count). The van der Waals surface area contributed by atoms with E-state index in [1.807, 2.05) is 24.3 Å². The normalized spacial score (nSPS) is 12.0. The first-order valence-electron chi connectivity index (χ1n) is 6.69. The van der Waals surface area contributed by atoms with E-state index in [-0.39, 0.29) is 5.82 Å². The van der Waals surface area contributed by atoms with E-state index in [4.69, 9.17) is 5.73 Å². The zero-order valence-electron chi connectivity index (χ0n) is 11.2. The number of rotatable bonds is 2. The van der Waals surface area contributed by atoms with Crippen molar-refractivity contribution in [2.45, 2.75) is 6.42 Å². The van der Waals surface area contributed by atoms with Crippen LogP contribution >= 0.6 is 0 Å². The molecule has 3 aromatic rings. The van der Waals surface area contributed by atoms with E-state index in [1.54, 1.807) is 6.07 Å². The number of nitrogens with zero attached hydrogens (tertiary/aromatic N) is 1. The first-order chi connectivity index (χ1) is 10.2. The molecule has 0 spiro atoms. The van der Waals surface area contributed by atoms with Crippen LogP contribution in [-0.2, 0) is 6.42 Å². The van der Waals surface area contributed by atoms with Crippen molar-refractivity contribution in [3.05, 3.63) is 59.4 Å². The molecule has 2 aromatic carbocycles. The van der Waals surface area contributed by atoms with E-state index in [9.17, 15) is 4.39 Å². The van der Waals surface area contributed by atoms with Crippen LogP contribution < -0.4 is 11.1 Å². The molecule has 21 heavy (non-hydrogen) atoms. The van der Waals surface area contributed by atoms with E-state index >= 15 is 0 Å². The Morgan fingerprint density at radius 2 is 2.10 bits per heavy atom.